The smallest absolute Gasteiger partial charge is 0.227 e. The molecule has 4 rings (SSSR count). The molecule has 0 aliphatic carbocycles. The molecule has 2 fully saturated rings. The van der Waals surface area contributed by atoms with Gasteiger partial charge in [-0.2, -0.15) is 4.98 Å². The third-order valence-corrected chi connectivity index (χ3v) is 5.28. The summed E-state index contributed by atoms with van der Waals surface area (Å²) >= 11 is 5.93. The second-order valence-electron chi connectivity index (χ2n) is 6.81. The second kappa shape index (κ2) is 7.63. The van der Waals surface area contributed by atoms with Crippen molar-refractivity contribution in [2.24, 2.45) is 0 Å². The Morgan fingerprint density at radius 2 is 1.42 bits per heavy atom. The maximum absolute atomic E-state index is 5.93. The van der Waals surface area contributed by atoms with Crippen LogP contribution in [0, 0.1) is 0 Å². The molecule has 2 aliphatic rings. The minimum absolute atomic E-state index is 0.671. The molecule has 8 heteroatoms. The molecule has 7 nitrogen and oxygen atoms in total. The van der Waals surface area contributed by atoms with Crippen molar-refractivity contribution < 1.29 is 0 Å². The van der Waals surface area contributed by atoms with E-state index in [4.69, 9.17) is 16.6 Å². The lowest BCUT2D eigenvalue weighted by atomic mass is 10.3. The third-order valence-electron chi connectivity index (χ3n) is 5.05. The summed E-state index contributed by atoms with van der Waals surface area (Å²) in [6.45, 7) is 7.75. The Morgan fingerprint density at radius 1 is 0.769 bits per heavy atom. The summed E-state index contributed by atoms with van der Waals surface area (Å²) in [6, 6.07) is 5.88. The van der Waals surface area contributed by atoms with Gasteiger partial charge in [-0.05, 0) is 25.2 Å². The van der Waals surface area contributed by atoms with Crippen LogP contribution in [0.2, 0.25) is 5.02 Å². The number of rotatable bonds is 3. The average Bonchev–Trinajstić information content (AvgIpc) is 2.69. The SMILES string of the molecule is CN1CCN(c2nccc(N3CCN(c4ccc(Cl)cn4)CC3)n2)CC1. The van der Waals surface area contributed by atoms with E-state index >= 15 is 0 Å². The highest BCUT2D eigenvalue weighted by atomic mass is 35.5. The molecule has 0 amide bonds. The van der Waals surface area contributed by atoms with Gasteiger partial charge in [0.15, 0.2) is 0 Å². The number of hydrogen-bond donors (Lipinski definition) is 0. The van der Waals surface area contributed by atoms with Gasteiger partial charge in [0.2, 0.25) is 5.95 Å². The molecule has 2 aromatic heterocycles. The van der Waals surface area contributed by atoms with Gasteiger partial charge >= 0.3 is 0 Å². The van der Waals surface area contributed by atoms with Gasteiger partial charge in [-0.1, -0.05) is 11.6 Å². The van der Waals surface area contributed by atoms with Crippen LogP contribution < -0.4 is 14.7 Å². The van der Waals surface area contributed by atoms with Crippen LogP contribution in [0.3, 0.4) is 0 Å². The normalized spacial score (nSPS) is 19.1. The quantitative estimate of drug-likeness (QED) is 0.810. The second-order valence-corrected chi connectivity index (χ2v) is 7.25. The number of piperazine rings is 2. The maximum atomic E-state index is 5.93. The molecule has 0 unspecified atom stereocenters. The van der Waals surface area contributed by atoms with Crippen molar-refractivity contribution in [3.8, 4) is 0 Å². The fourth-order valence-electron chi connectivity index (χ4n) is 3.39. The van der Waals surface area contributed by atoms with Crippen molar-refractivity contribution >= 4 is 29.2 Å². The average molecular weight is 374 g/mol. The van der Waals surface area contributed by atoms with Crippen molar-refractivity contribution in [3.63, 3.8) is 0 Å². The molecular formula is C18H24ClN7. The van der Waals surface area contributed by atoms with E-state index in [0.29, 0.717) is 5.02 Å². The van der Waals surface area contributed by atoms with Crippen molar-refractivity contribution in [1.29, 1.82) is 0 Å². The molecular weight excluding hydrogens is 350 g/mol. The number of pyridine rings is 1. The van der Waals surface area contributed by atoms with Crippen LogP contribution in [0.25, 0.3) is 0 Å². The highest BCUT2D eigenvalue weighted by molar-refractivity contribution is 6.30. The van der Waals surface area contributed by atoms with Gasteiger partial charge in [-0.15, -0.1) is 0 Å². The van der Waals surface area contributed by atoms with Crippen LogP contribution in [-0.4, -0.2) is 79.3 Å². The van der Waals surface area contributed by atoms with Crippen LogP contribution in [0.5, 0.6) is 0 Å². The zero-order chi connectivity index (χ0) is 17.9. The molecule has 0 radical (unpaired) electrons. The van der Waals surface area contributed by atoms with Crippen LogP contribution in [0.1, 0.15) is 0 Å². The largest absolute Gasteiger partial charge is 0.353 e. The number of anilines is 3. The summed E-state index contributed by atoms with van der Waals surface area (Å²) in [7, 11) is 2.16. The lowest BCUT2D eigenvalue weighted by Crippen LogP contribution is -2.47. The highest BCUT2D eigenvalue weighted by Gasteiger charge is 2.21. The lowest BCUT2D eigenvalue weighted by Gasteiger charge is -2.37. The van der Waals surface area contributed by atoms with E-state index in [1.807, 2.05) is 24.4 Å². The molecule has 0 spiro atoms. The van der Waals surface area contributed by atoms with Crippen LogP contribution in [0.4, 0.5) is 17.6 Å². The molecule has 2 aromatic rings. The van der Waals surface area contributed by atoms with Gasteiger partial charge < -0.3 is 19.6 Å². The number of aromatic nitrogens is 3. The molecule has 0 N–H and O–H groups in total. The summed E-state index contributed by atoms with van der Waals surface area (Å²) in [6.07, 6.45) is 3.58. The lowest BCUT2D eigenvalue weighted by molar-refractivity contribution is 0.311. The van der Waals surface area contributed by atoms with Gasteiger partial charge in [0, 0.05) is 64.8 Å². The van der Waals surface area contributed by atoms with Gasteiger partial charge in [0.25, 0.3) is 0 Å². The van der Waals surface area contributed by atoms with Crippen LogP contribution >= 0.6 is 11.6 Å². The van der Waals surface area contributed by atoms with E-state index in [-0.39, 0.29) is 0 Å². The Labute approximate surface area is 159 Å². The molecule has 138 valence electrons. The summed E-state index contributed by atoms with van der Waals surface area (Å²) < 4.78 is 0. The van der Waals surface area contributed by atoms with Gasteiger partial charge in [-0.3, -0.25) is 0 Å². The predicted molar refractivity (Wildman–Crippen MR) is 105 cm³/mol. The van der Waals surface area contributed by atoms with Crippen LogP contribution in [-0.2, 0) is 0 Å². The Kier molecular flexibility index (Phi) is 5.08. The van der Waals surface area contributed by atoms with Crippen molar-refractivity contribution in [1.82, 2.24) is 19.9 Å². The minimum atomic E-state index is 0.671. The number of likely N-dealkylation sites (N-methyl/N-ethyl adjacent to an activating group) is 1. The molecule has 2 saturated heterocycles. The molecule has 4 heterocycles. The van der Waals surface area contributed by atoms with Gasteiger partial charge in [-0.25, -0.2) is 9.97 Å². The Balaban J connectivity index is 1.40. The minimum Gasteiger partial charge on any atom is -0.353 e. The summed E-state index contributed by atoms with van der Waals surface area (Å²) in [5.41, 5.74) is 0. The maximum Gasteiger partial charge on any atom is 0.227 e. The fraction of sp³-hybridized carbons (Fsp3) is 0.500. The Hall–Kier alpha value is -2.12. The van der Waals surface area contributed by atoms with Crippen molar-refractivity contribution in [2.45, 2.75) is 0 Å². The van der Waals surface area contributed by atoms with E-state index in [1.54, 1.807) is 6.20 Å². The van der Waals surface area contributed by atoms with Crippen molar-refractivity contribution in [3.05, 3.63) is 35.6 Å². The monoisotopic (exact) mass is 373 g/mol. The Morgan fingerprint density at radius 3 is 2.08 bits per heavy atom. The first-order valence-corrected chi connectivity index (χ1v) is 9.45. The molecule has 2 aliphatic heterocycles. The summed E-state index contributed by atoms with van der Waals surface area (Å²) in [4.78, 5) is 23.0. The summed E-state index contributed by atoms with van der Waals surface area (Å²) in [5.74, 6) is 2.84. The third kappa shape index (κ3) is 3.83. The molecule has 0 atom stereocenters. The topological polar surface area (TPSA) is 51.6 Å². The van der Waals surface area contributed by atoms with Gasteiger partial charge in [0.1, 0.15) is 11.6 Å². The van der Waals surface area contributed by atoms with E-state index in [9.17, 15) is 0 Å². The first-order valence-electron chi connectivity index (χ1n) is 9.07. The first-order chi connectivity index (χ1) is 12.7. The van der Waals surface area contributed by atoms with E-state index in [1.165, 1.54) is 0 Å². The zero-order valence-corrected chi connectivity index (χ0v) is 15.8. The molecule has 0 saturated carbocycles. The van der Waals surface area contributed by atoms with E-state index < -0.39 is 0 Å². The first kappa shape index (κ1) is 17.3. The van der Waals surface area contributed by atoms with E-state index in [2.05, 4.69) is 36.6 Å². The number of halogens is 1. The Bertz CT molecular complexity index is 723. The predicted octanol–water partition coefficient (Wildman–Crippen LogP) is 1.60. The fourth-order valence-corrected chi connectivity index (χ4v) is 3.51. The van der Waals surface area contributed by atoms with Gasteiger partial charge in [0.05, 0.1) is 5.02 Å². The number of nitrogens with zero attached hydrogens (tertiary/aromatic N) is 7. The molecule has 26 heavy (non-hydrogen) atoms. The summed E-state index contributed by atoms with van der Waals surface area (Å²) in [5, 5.41) is 0.671. The number of hydrogen-bond acceptors (Lipinski definition) is 7. The standard InChI is InChI=1S/C18H24ClN7/c1-23-6-8-26(9-7-23)18-20-5-4-17(22-18)25-12-10-24(11-13-25)16-3-2-15(19)14-21-16/h2-5,14H,6-13H2,1H3. The van der Waals surface area contributed by atoms with E-state index in [0.717, 1.165) is 69.9 Å². The van der Waals surface area contributed by atoms with Crippen LogP contribution in [0.15, 0.2) is 30.6 Å². The molecule has 0 aromatic carbocycles. The zero-order valence-electron chi connectivity index (χ0n) is 15.1. The molecule has 0 bridgehead atoms. The van der Waals surface area contributed by atoms with Crippen molar-refractivity contribution in [2.75, 3.05) is 74.1 Å². The highest BCUT2D eigenvalue weighted by Crippen LogP contribution is 2.20.